The number of ether oxygens (including phenoxy) is 1. The minimum atomic E-state index is 0.00518. The van der Waals surface area contributed by atoms with Crippen LogP contribution in [0.1, 0.15) is 42.6 Å². The maximum absolute atomic E-state index is 12.4. The van der Waals surface area contributed by atoms with E-state index in [1.807, 2.05) is 17.0 Å². The van der Waals surface area contributed by atoms with Gasteiger partial charge in [-0.1, -0.05) is 19.3 Å². The van der Waals surface area contributed by atoms with Crippen molar-refractivity contribution in [1.82, 2.24) is 9.88 Å². The number of nitrogens with one attached hydrogen (secondary N) is 1. The predicted octanol–water partition coefficient (Wildman–Crippen LogP) is 2.30. The van der Waals surface area contributed by atoms with E-state index in [0.29, 0.717) is 38.0 Å². The van der Waals surface area contributed by atoms with E-state index in [0.717, 1.165) is 5.69 Å². The van der Waals surface area contributed by atoms with Crippen molar-refractivity contribution < 1.29 is 9.53 Å². The monoisotopic (exact) mass is 289 g/mol. The molecule has 5 heteroatoms. The fourth-order valence-electron chi connectivity index (χ4n) is 3.05. The van der Waals surface area contributed by atoms with Crippen LogP contribution < -0.4 is 5.32 Å². The highest BCUT2D eigenvalue weighted by molar-refractivity contribution is 5.93. The normalized spacial score (nSPS) is 20.3. The lowest BCUT2D eigenvalue weighted by Crippen LogP contribution is -2.41. The highest BCUT2D eigenvalue weighted by Gasteiger charge is 2.20. The van der Waals surface area contributed by atoms with Crippen LogP contribution in [-0.4, -0.2) is 48.1 Å². The highest BCUT2D eigenvalue weighted by Crippen LogP contribution is 2.22. The molecule has 3 rings (SSSR count). The molecule has 1 saturated heterocycles. The molecule has 1 aromatic heterocycles. The van der Waals surface area contributed by atoms with E-state index in [9.17, 15) is 4.79 Å². The first-order valence-corrected chi connectivity index (χ1v) is 7.92. The van der Waals surface area contributed by atoms with Gasteiger partial charge in [-0.15, -0.1) is 0 Å². The summed E-state index contributed by atoms with van der Waals surface area (Å²) in [7, 11) is 0. The molecule has 1 aliphatic heterocycles. The van der Waals surface area contributed by atoms with Crippen molar-refractivity contribution in [2.75, 3.05) is 31.6 Å². The van der Waals surface area contributed by atoms with Gasteiger partial charge in [0.05, 0.1) is 13.2 Å². The number of amides is 1. The Morgan fingerprint density at radius 3 is 2.76 bits per heavy atom. The second-order valence-electron chi connectivity index (χ2n) is 5.81. The van der Waals surface area contributed by atoms with Gasteiger partial charge in [0.2, 0.25) is 0 Å². The van der Waals surface area contributed by atoms with Gasteiger partial charge in [0, 0.05) is 31.0 Å². The Morgan fingerprint density at radius 2 is 2.00 bits per heavy atom. The molecule has 2 heterocycles. The van der Waals surface area contributed by atoms with E-state index in [-0.39, 0.29) is 5.91 Å². The topological polar surface area (TPSA) is 54.5 Å². The van der Waals surface area contributed by atoms with E-state index in [2.05, 4.69) is 10.3 Å². The molecular weight excluding hydrogens is 266 g/mol. The molecule has 0 spiro atoms. The summed E-state index contributed by atoms with van der Waals surface area (Å²) >= 11 is 0. The number of morpholine rings is 1. The summed E-state index contributed by atoms with van der Waals surface area (Å²) in [5.41, 5.74) is 1.53. The van der Waals surface area contributed by atoms with Crippen LogP contribution in [-0.2, 0) is 4.74 Å². The van der Waals surface area contributed by atoms with Crippen LogP contribution in [0.4, 0.5) is 5.69 Å². The average Bonchev–Trinajstić information content (AvgIpc) is 2.56. The SMILES string of the molecule is O=C(c1cc(NC2CCCCC2)ccn1)N1CCOCC1. The number of hydrogen-bond donors (Lipinski definition) is 1. The fraction of sp³-hybridized carbons (Fsp3) is 0.625. The molecule has 0 radical (unpaired) electrons. The van der Waals surface area contributed by atoms with Gasteiger partial charge in [-0.25, -0.2) is 0 Å². The van der Waals surface area contributed by atoms with Crippen LogP contribution in [0.2, 0.25) is 0 Å². The minimum absolute atomic E-state index is 0.00518. The lowest BCUT2D eigenvalue weighted by Gasteiger charge is -2.27. The minimum Gasteiger partial charge on any atom is -0.382 e. The number of rotatable bonds is 3. The summed E-state index contributed by atoms with van der Waals surface area (Å²) < 4.78 is 5.28. The number of carbonyl (C=O) groups is 1. The number of aromatic nitrogens is 1. The zero-order chi connectivity index (χ0) is 14.5. The maximum atomic E-state index is 12.4. The zero-order valence-corrected chi connectivity index (χ0v) is 12.4. The van der Waals surface area contributed by atoms with Crippen molar-refractivity contribution in [3.8, 4) is 0 Å². The smallest absolute Gasteiger partial charge is 0.272 e. The first-order valence-electron chi connectivity index (χ1n) is 7.92. The van der Waals surface area contributed by atoms with Gasteiger partial charge in [-0.3, -0.25) is 9.78 Å². The summed E-state index contributed by atoms with van der Waals surface area (Å²) in [6.45, 7) is 2.54. The Bertz CT molecular complexity index is 480. The van der Waals surface area contributed by atoms with Crippen molar-refractivity contribution in [3.63, 3.8) is 0 Å². The lowest BCUT2D eigenvalue weighted by molar-refractivity contribution is 0.0299. The quantitative estimate of drug-likeness (QED) is 0.927. The summed E-state index contributed by atoms with van der Waals surface area (Å²) in [5.74, 6) is 0.00518. The Balaban J connectivity index is 1.65. The standard InChI is InChI=1S/C16H23N3O2/c20-16(19-8-10-21-11-9-19)15-12-14(6-7-17-15)18-13-4-2-1-3-5-13/h6-7,12-13H,1-5,8-11H2,(H,17,18). The molecule has 2 aliphatic rings. The van der Waals surface area contributed by atoms with Gasteiger partial charge >= 0.3 is 0 Å². The first-order chi connectivity index (χ1) is 10.3. The molecule has 5 nitrogen and oxygen atoms in total. The molecule has 0 atom stereocenters. The molecule has 114 valence electrons. The van der Waals surface area contributed by atoms with Gasteiger partial charge in [0.1, 0.15) is 5.69 Å². The Hall–Kier alpha value is -1.62. The van der Waals surface area contributed by atoms with E-state index < -0.39 is 0 Å². The Morgan fingerprint density at radius 1 is 1.24 bits per heavy atom. The second kappa shape index (κ2) is 6.89. The van der Waals surface area contributed by atoms with Crippen molar-refractivity contribution in [1.29, 1.82) is 0 Å². The number of hydrogen-bond acceptors (Lipinski definition) is 4. The number of nitrogens with zero attached hydrogens (tertiary/aromatic N) is 2. The molecule has 1 aliphatic carbocycles. The first kappa shape index (κ1) is 14.3. The van der Waals surface area contributed by atoms with Crippen LogP contribution >= 0.6 is 0 Å². The molecule has 1 saturated carbocycles. The van der Waals surface area contributed by atoms with Gasteiger partial charge < -0.3 is 15.0 Å². The molecule has 0 unspecified atom stereocenters. The van der Waals surface area contributed by atoms with Crippen LogP contribution in [0, 0.1) is 0 Å². The summed E-state index contributed by atoms with van der Waals surface area (Å²) in [6, 6.07) is 4.37. The Kier molecular flexibility index (Phi) is 4.70. The number of anilines is 1. The second-order valence-corrected chi connectivity index (χ2v) is 5.81. The molecule has 21 heavy (non-hydrogen) atoms. The third-order valence-electron chi connectivity index (χ3n) is 4.25. The molecule has 0 bridgehead atoms. The predicted molar refractivity (Wildman–Crippen MR) is 81.5 cm³/mol. The van der Waals surface area contributed by atoms with Gasteiger partial charge in [-0.2, -0.15) is 0 Å². The molecule has 0 aromatic carbocycles. The highest BCUT2D eigenvalue weighted by atomic mass is 16.5. The van der Waals surface area contributed by atoms with Gasteiger partial charge in [0.15, 0.2) is 0 Å². The fourth-order valence-corrected chi connectivity index (χ4v) is 3.05. The summed E-state index contributed by atoms with van der Waals surface area (Å²) in [4.78, 5) is 18.5. The molecule has 2 fully saturated rings. The van der Waals surface area contributed by atoms with E-state index >= 15 is 0 Å². The van der Waals surface area contributed by atoms with Crippen molar-refractivity contribution in [3.05, 3.63) is 24.0 Å². The molecule has 1 N–H and O–H groups in total. The van der Waals surface area contributed by atoms with Crippen LogP contribution in [0.25, 0.3) is 0 Å². The van der Waals surface area contributed by atoms with Crippen molar-refractivity contribution >= 4 is 11.6 Å². The van der Waals surface area contributed by atoms with Crippen LogP contribution in [0.5, 0.6) is 0 Å². The van der Waals surface area contributed by atoms with Crippen molar-refractivity contribution in [2.24, 2.45) is 0 Å². The number of carbonyl (C=O) groups excluding carboxylic acids is 1. The third kappa shape index (κ3) is 3.73. The number of pyridine rings is 1. The molecular formula is C16H23N3O2. The lowest BCUT2D eigenvalue weighted by atomic mass is 9.95. The van der Waals surface area contributed by atoms with E-state index in [1.54, 1.807) is 6.20 Å². The van der Waals surface area contributed by atoms with Crippen LogP contribution in [0.3, 0.4) is 0 Å². The largest absolute Gasteiger partial charge is 0.382 e. The molecule has 1 amide bonds. The molecule has 1 aromatic rings. The van der Waals surface area contributed by atoms with Crippen LogP contribution in [0.15, 0.2) is 18.3 Å². The zero-order valence-electron chi connectivity index (χ0n) is 12.4. The Labute approximate surface area is 125 Å². The van der Waals surface area contributed by atoms with Gasteiger partial charge in [0.25, 0.3) is 5.91 Å². The van der Waals surface area contributed by atoms with E-state index in [1.165, 1.54) is 32.1 Å². The summed E-state index contributed by atoms with van der Waals surface area (Å²) in [6.07, 6.45) is 8.09. The van der Waals surface area contributed by atoms with E-state index in [4.69, 9.17) is 4.74 Å². The maximum Gasteiger partial charge on any atom is 0.272 e. The average molecular weight is 289 g/mol. The van der Waals surface area contributed by atoms with Gasteiger partial charge in [-0.05, 0) is 25.0 Å². The summed E-state index contributed by atoms with van der Waals surface area (Å²) in [5, 5.41) is 3.54. The van der Waals surface area contributed by atoms with Crippen molar-refractivity contribution in [2.45, 2.75) is 38.1 Å². The third-order valence-corrected chi connectivity index (χ3v) is 4.25.